The molecule has 0 saturated heterocycles. The van der Waals surface area contributed by atoms with Crippen LogP contribution in [0, 0.1) is 0 Å². The zero-order valence-corrected chi connectivity index (χ0v) is 18.0. The Kier molecular flexibility index (Phi) is 8.37. The molecule has 0 heterocycles. The number of sulfonamides is 1. The van der Waals surface area contributed by atoms with Crippen molar-refractivity contribution in [3.8, 4) is 0 Å². The van der Waals surface area contributed by atoms with Gasteiger partial charge in [0.15, 0.2) is 5.11 Å². The van der Waals surface area contributed by atoms with Crippen molar-refractivity contribution in [1.29, 1.82) is 0 Å². The van der Waals surface area contributed by atoms with E-state index in [1.54, 1.807) is 24.3 Å². The van der Waals surface area contributed by atoms with Gasteiger partial charge in [-0.3, -0.25) is 0 Å². The summed E-state index contributed by atoms with van der Waals surface area (Å²) in [6.07, 6.45) is 0.848. The minimum Gasteiger partial charge on any atom is -0.374 e. The second kappa shape index (κ2) is 10.5. The lowest BCUT2D eigenvalue weighted by molar-refractivity contribution is 0.0646. The van der Waals surface area contributed by atoms with Crippen LogP contribution in [0.3, 0.4) is 0 Å². The van der Waals surface area contributed by atoms with E-state index in [1.807, 2.05) is 37.3 Å². The lowest BCUT2D eigenvalue weighted by atomic mass is 10.1. The van der Waals surface area contributed by atoms with Crippen molar-refractivity contribution >= 4 is 33.0 Å². The first-order valence-corrected chi connectivity index (χ1v) is 10.9. The third kappa shape index (κ3) is 6.56. The summed E-state index contributed by atoms with van der Waals surface area (Å²) in [6.45, 7) is 3.30. The third-order valence-electron chi connectivity index (χ3n) is 4.11. The summed E-state index contributed by atoms with van der Waals surface area (Å²) in [7, 11) is -0.473. The smallest absolute Gasteiger partial charge is 0.242 e. The summed E-state index contributed by atoms with van der Waals surface area (Å²) in [5, 5.41) is 6.56. The summed E-state index contributed by atoms with van der Waals surface area (Å²) >= 11 is 5.28. The molecule has 0 bridgehead atoms. The highest BCUT2D eigenvalue weighted by molar-refractivity contribution is 7.89. The first-order chi connectivity index (χ1) is 13.3. The molecule has 6 nitrogen and oxygen atoms in total. The second-order valence-electron chi connectivity index (χ2n) is 6.47. The van der Waals surface area contributed by atoms with Crippen LogP contribution in [0.4, 0.5) is 5.69 Å². The van der Waals surface area contributed by atoms with E-state index in [2.05, 4.69) is 10.6 Å². The zero-order valence-electron chi connectivity index (χ0n) is 16.4. The zero-order chi connectivity index (χ0) is 20.6. The van der Waals surface area contributed by atoms with Gasteiger partial charge in [-0.05, 0) is 49.3 Å². The van der Waals surface area contributed by atoms with E-state index < -0.39 is 10.0 Å². The van der Waals surface area contributed by atoms with Gasteiger partial charge in [0.25, 0.3) is 0 Å². The number of hydrogen-bond acceptors (Lipinski definition) is 4. The summed E-state index contributed by atoms with van der Waals surface area (Å²) < 4.78 is 31.4. The molecule has 0 saturated carbocycles. The predicted molar refractivity (Wildman–Crippen MR) is 117 cm³/mol. The van der Waals surface area contributed by atoms with Gasteiger partial charge in [0.2, 0.25) is 10.0 Å². The molecule has 0 amide bonds. The number of thiocarbonyl (C=S) groups is 1. The molecule has 152 valence electrons. The van der Waals surface area contributed by atoms with Gasteiger partial charge < -0.3 is 15.4 Å². The first-order valence-electron chi connectivity index (χ1n) is 9.04. The van der Waals surface area contributed by atoms with Crippen LogP contribution in [0.2, 0.25) is 0 Å². The molecule has 0 spiro atoms. The fourth-order valence-corrected chi connectivity index (χ4v) is 3.64. The minimum absolute atomic E-state index is 0.0488. The molecule has 2 rings (SSSR count). The molecule has 2 aromatic rings. The Hall–Kier alpha value is -2.00. The highest BCUT2D eigenvalue weighted by Crippen LogP contribution is 2.18. The van der Waals surface area contributed by atoms with Gasteiger partial charge in [-0.1, -0.05) is 36.4 Å². The van der Waals surface area contributed by atoms with Crippen LogP contribution < -0.4 is 10.6 Å². The van der Waals surface area contributed by atoms with Gasteiger partial charge >= 0.3 is 0 Å². The number of hydrogen-bond donors (Lipinski definition) is 2. The molecule has 2 aromatic carbocycles. The Morgan fingerprint density at radius 3 is 2.54 bits per heavy atom. The van der Waals surface area contributed by atoms with Crippen LogP contribution in [-0.4, -0.2) is 45.1 Å². The Morgan fingerprint density at radius 1 is 1.14 bits per heavy atom. The minimum atomic E-state index is -3.48. The number of benzene rings is 2. The van der Waals surface area contributed by atoms with Crippen molar-refractivity contribution in [1.82, 2.24) is 9.62 Å². The molecule has 0 aliphatic heterocycles. The fraction of sp³-hybridized carbons (Fsp3) is 0.350. The van der Waals surface area contributed by atoms with Gasteiger partial charge in [-0.15, -0.1) is 0 Å². The standard InChI is InChI=1S/C20H27N3O3S2/c1-16(17-9-5-4-6-10-17)26-14-8-13-21-20(27)22-18-11-7-12-19(15-18)28(24,25)23(2)3/h4-7,9-12,15-16H,8,13-14H2,1-3H3,(H2,21,22,27)/t16-/m1/s1. The fourth-order valence-electron chi connectivity index (χ4n) is 2.47. The number of ether oxygens (including phenoxy) is 1. The molecule has 2 N–H and O–H groups in total. The first kappa shape index (κ1) is 22.3. The number of nitrogens with zero attached hydrogens (tertiary/aromatic N) is 1. The van der Waals surface area contributed by atoms with Crippen molar-refractivity contribution in [3.63, 3.8) is 0 Å². The topological polar surface area (TPSA) is 70.7 Å². The summed E-state index contributed by atoms with van der Waals surface area (Å²) in [6, 6.07) is 16.7. The maximum atomic E-state index is 12.2. The Bertz CT molecular complexity index is 871. The van der Waals surface area contributed by atoms with Gasteiger partial charge in [-0.25, -0.2) is 12.7 Å². The molecule has 0 aliphatic rings. The molecular weight excluding hydrogens is 394 g/mol. The monoisotopic (exact) mass is 421 g/mol. The van der Waals surface area contributed by atoms with E-state index in [0.29, 0.717) is 24.0 Å². The molecular formula is C20H27N3O3S2. The Morgan fingerprint density at radius 2 is 1.86 bits per heavy atom. The summed E-state index contributed by atoms with van der Waals surface area (Å²) in [5.41, 5.74) is 1.77. The molecule has 0 radical (unpaired) electrons. The van der Waals surface area contributed by atoms with E-state index in [9.17, 15) is 8.42 Å². The van der Waals surface area contributed by atoms with Gasteiger partial charge in [0, 0.05) is 32.9 Å². The van der Waals surface area contributed by atoms with E-state index in [0.717, 1.165) is 12.0 Å². The van der Waals surface area contributed by atoms with E-state index in [1.165, 1.54) is 18.4 Å². The second-order valence-corrected chi connectivity index (χ2v) is 9.03. The van der Waals surface area contributed by atoms with E-state index in [4.69, 9.17) is 17.0 Å². The third-order valence-corrected chi connectivity index (χ3v) is 6.17. The van der Waals surface area contributed by atoms with Gasteiger partial charge in [0.05, 0.1) is 11.0 Å². The SMILES string of the molecule is C[C@@H](OCCCNC(=S)Nc1cccc(S(=O)(=O)N(C)C)c1)c1ccccc1. The number of nitrogens with one attached hydrogen (secondary N) is 2. The lowest BCUT2D eigenvalue weighted by Crippen LogP contribution is -2.30. The van der Waals surface area contributed by atoms with Crippen LogP contribution in [0.5, 0.6) is 0 Å². The van der Waals surface area contributed by atoms with Crippen molar-refractivity contribution < 1.29 is 13.2 Å². The normalized spacial score (nSPS) is 12.6. The molecule has 0 fully saturated rings. The molecule has 0 aromatic heterocycles. The highest BCUT2D eigenvalue weighted by Gasteiger charge is 2.17. The van der Waals surface area contributed by atoms with Gasteiger partial charge in [0.1, 0.15) is 0 Å². The van der Waals surface area contributed by atoms with E-state index in [-0.39, 0.29) is 11.0 Å². The molecule has 28 heavy (non-hydrogen) atoms. The molecule has 0 unspecified atom stereocenters. The maximum absolute atomic E-state index is 12.2. The number of anilines is 1. The van der Waals surface area contributed by atoms with Crippen LogP contribution in [0.25, 0.3) is 0 Å². The average Bonchev–Trinajstić information content (AvgIpc) is 2.68. The quantitative estimate of drug-likeness (QED) is 0.478. The Labute approximate surface area is 173 Å². The van der Waals surface area contributed by atoms with Crippen molar-refractivity contribution in [2.24, 2.45) is 0 Å². The molecule has 1 atom stereocenters. The van der Waals surface area contributed by atoms with Crippen molar-refractivity contribution in [3.05, 3.63) is 60.2 Å². The van der Waals surface area contributed by atoms with Gasteiger partial charge in [-0.2, -0.15) is 0 Å². The Balaban J connectivity index is 1.74. The average molecular weight is 422 g/mol. The van der Waals surface area contributed by atoms with Crippen LogP contribution >= 0.6 is 12.2 Å². The van der Waals surface area contributed by atoms with Crippen LogP contribution in [0.15, 0.2) is 59.5 Å². The summed E-state index contributed by atoms with van der Waals surface area (Å²) in [4.78, 5) is 0.216. The van der Waals surface area contributed by atoms with Crippen molar-refractivity contribution in [2.75, 3.05) is 32.6 Å². The number of rotatable bonds is 9. The van der Waals surface area contributed by atoms with E-state index >= 15 is 0 Å². The highest BCUT2D eigenvalue weighted by atomic mass is 32.2. The summed E-state index contributed by atoms with van der Waals surface area (Å²) in [5.74, 6) is 0. The lowest BCUT2D eigenvalue weighted by Gasteiger charge is -2.15. The maximum Gasteiger partial charge on any atom is 0.242 e. The predicted octanol–water partition coefficient (Wildman–Crippen LogP) is 3.39. The van der Waals surface area contributed by atoms with Crippen LogP contribution in [0.1, 0.15) is 25.0 Å². The van der Waals surface area contributed by atoms with Crippen LogP contribution in [-0.2, 0) is 14.8 Å². The molecule has 8 heteroatoms. The molecule has 0 aliphatic carbocycles. The largest absolute Gasteiger partial charge is 0.374 e. The van der Waals surface area contributed by atoms with Crippen molar-refractivity contribution in [2.45, 2.75) is 24.3 Å².